The zero-order chi connectivity index (χ0) is 12.3. The maximum absolute atomic E-state index is 4.41. The highest BCUT2D eigenvalue weighted by Crippen LogP contribution is 2.40. The largest absolute Gasteiger partial charge is 0.314 e. The van der Waals surface area contributed by atoms with E-state index in [0.29, 0.717) is 11.5 Å². The van der Waals surface area contributed by atoms with Crippen molar-refractivity contribution in [2.45, 2.75) is 64.5 Å². The lowest BCUT2D eigenvalue weighted by molar-refractivity contribution is 0.452. The van der Waals surface area contributed by atoms with Crippen molar-refractivity contribution in [1.82, 2.24) is 15.1 Å². The van der Waals surface area contributed by atoms with Gasteiger partial charge in [-0.3, -0.25) is 4.68 Å². The fourth-order valence-corrected chi connectivity index (χ4v) is 2.87. The Labute approximate surface area is 105 Å². The van der Waals surface area contributed by atoms with Gasteiger partial charge in [0, 0.05) is 18.8 Å². The first-order valence-electron chi connectivity index (χ1n) is 6.94. The zero-order valence-corrected chi connectivity index (χ0v) is 11.4. The van der Waals surface area contributed by atoms with Gasteiger partial charge in [0.15, 0.2) is 0 Å². The Morgan fingerprint density at radius 1 is 1.53 bits per heavy atom. The van der Waals surface area contributed by atoms with Crippen molar-refractivity contribution in [3.8, 4) is 0 Å². The molecule has 1 saturated carbocycles. The normalized spacial score (nSPS) is 28.8. The van der Waals surface area contributed by atoms with E-state index in [9.17, 15) is 0 Å². The summed E-state index contributed by atoms with van der Waals surface area (Å²) in [5.74, 6) is 0. The lowest BCUT2D eigenvalue weighted by Gasteiger charge is -2.22. The van der Waals surface area contributed by atoms with Gasteiger partial charge in [-0.2, -0.15) is 5.10 Å². The number of aryl methyl sites for hydroxylation is 1. The monoisotopic (exact) mass is 235 g/mol. The third kappa shape index (κ3) is 2.71. The molecular weight excluding hydrogens is 210 g/mol. The summed E-state index contributed by atoms with van der Waals surface area (Å²) in [4.78, 5) is 0. The topological polar surface area (TPSA) is 29.9 Å². The highest BCUT2D eigenvalue weighted by atomic mass is 15.3. The van der Waals surface area contributed by atoms with Crippen LogP contribution in [-0.4, -0.2) is 22.4 Å². The summed E-state index contributed by atoms with van der Waals surface area (Å²) in [5.41, 5.74) is 1.75. The van der Waals surface area contributed by atoms with Crippen LogP contribution in [0.25, 0.3) is 0 Å². The number of aromatic nitrogens is 2. The van der Waals surface area contributed by atoms with Gasteiger partial charge >= 0.3 is 0 Å². The first-order valence-corrected chi connectivity index (χ1v) is 6.94. The molecule has 17 heavy (non-hydrogen) atoms. The second-order valence-corrected chi connectivity index (χ2v) is 5.54. The van der Waals surface area contributed by atoms with Crippen LogP contribution in [0.5, 0.6) is 0 Å². The Kier molecular flexibility index (Phi) is 3.87. The van der Waals surface area contributed by atoms with Gasteiger partial charge in [0.05, 0.1) is 6.20 Å². The molecule has 0 amide bonds. The molecule has 1 aliphatic carbocycles. The van der Waals surface area contributed by atoms with Crippen LogP contribution in [0.15, 0.2) is 12.4 Å². The smallest absolute Gasteiger partial charge is 0.0527 e. The van der Waals surface area contributed by atoms with Crippen molar-refractivity contribution < 1.29 is 0 Å². The Morgan fingerprint density at radius 3 is 3.00 bits per heavy atom. The van der Waals surface area contributed by atoms with Crippen molar-refractivity contribution in [1.29, 1.82) is 0 Å². The summed E-state index contributed by atoms with van der Waals surface area (Å²) in [6.45, 7) is 8.87. The summed E-state index contributed by atoms with van der Waals surface area (Å²) in [7, 11) is 0. The van der Waals surface area contributed by atoms with Gasteiger partial charge in [0.1, 0.15) is 0 Å². The highest BCUT2D eigenvalue weighted by Gasteiger charge is 2.36. The van der Waals surface area contributed by atoms with E-state index in [0.717, 1.165) is 13.1 Å². The quantitative estimate of drug-likeness (QED) is 0.850. The SMILES string of the molecule is CCCNC1CCC(C)(c2cnn(CC)c2)C1. The minimum Gasteiger partial charge on any atom is -0.314 e. The van der Waals surface area contributed by atoms with Gasteiger partial charge in [-0.15, -0.1) is 0 Å². The molecular formula is C14H25N3. The summed E-state index contributed by atoms with van der Waals surface area (Å²) in [6.07, 6.45) is 9.34. The molecule has 2 unspecified atom stereocenters. The Balaban J connectivity index is 2.00. The molecule has 1 aromatic rings. The van der Waals surface area contributed by atoms with Crippen molar-refractivity contribution in [3.63, 3.8) is 0 Å². The molecule has 0 aromatic carbocycles. The minimum absolute atomic E-state index is 0.332. The fraction of sp³-hybridized carbons (Fsp3) is 0.786. The minimum atomic E-state index is 0.332. The van der Waals surface area contributed by atoms with Gasteiger partial charge < -0.3 is 5.32 Å². The molecule has 1 fully saturated rings. The first-order chi connectivity index (χ1) is 8.18. The molecule has 1 aliphatic rings. The van der Waals surface area contributed by atoms with E-state index in [1.165, 1.54) is 31.2 Å². The molecule has 0 bridgehead atoms. The summed E-state index contributed by atoms with van der Waals surface area (Å²) >= 11 is 0. The third-order valence-electron chi connectivity index (χ3n) is 4.08. The van der Waals surface area contributed by atoms with Crippen LogP contribution in [0.1, 0.15) is 52.0 Å². The van der Waals surface area contributed by atoms with Crippen LogP contribution in [0.3, 0.4) is 0 Å². The Hall–Kier alpha value is -0.830. The molecule has 1 heterocycles. The van der Waals surface area contributed by atoms with E-state index in [1.807, 2.05) is 4.68 Å². The van der Waals surface area contributed by atoms with Crippen LogP contribution < -0.4 is 5.32 Å². The highest BCUT2D eigenvalue weighted by molar-refractivity contribution is 5.21. The molecule has 0 spiro atoms. The van der Waals surface area contributed by atoms with E-state index in [2.05, 4.69) is 43.6 Å². The van der Waals surface area contributed by atoms with Gasteiger partial charge in [0.2, 0.25) is 0 Å². The molecule has 1 aromatic heterocycles. The van der Waals surface area contributed by atoms with Crippen LogP contribution >= 0.6 is 0 Å². The maximum atomic E-state index is 4.41. The molecule has 3 nitrogen and oxygen atoms in total. The third-order valence-corrected chi connectivity index (χ3v) is 4.08. The number of hydrogen-bond donors (Lipinski definition) is 1. The standard InChI is InChI=1S/C14H25N3/c1-4-8-15-13-6-7-14(3,9-13)12-10-16-17(5-2)11-12/h10-11,13,15H,4-9H2,1-3H3. The number of nitrogens with zero attached hydrogens (tertiary/aromatic N) is 2. The fourth-order valence-electron chi connectivity index (χ4n) is 2.87. The van der Waals surface area contributed by atoms with E-state index in [-0.39, 0.29) is 0 Å². The lowest BCUT2D eigenvalue weighted by atomic mass is 9.83. The molecule has 3 heteroatoms. The molecule has 0 aliphatic heterocycles. The second kappa shape index (κ2) is 5.21. The number of hydrogen-bond acceptors (Lipinski definition) is 2. The molecule has 2 atom stereocenters. The van der Waals surface area contributed by atoms with Crippen molar-refractivity contribution in [2.75, 3.05) is 6.54 Å². The van der Waals surface area contributed by atoms with Crippen LogP contribution in [0.4, 0.5) is 0 Å². The van der Waals surface area contributed by atoms with E-state index in [1.54, 1.807) is 0 Å². The molecule has 96 valence electrons. The maximum Gasteiger partial charge on any atom is 0.0527 e. The predicted molar refractivity (Wildman–Crippen MR) is 71.2 cm³/mol. The number of rotatable bonds is 5. The zero-order valence-electron chi connectivity index (χ0n) is 11.4. The average molecular weight is 235 g/mol. The Morgan fingerprint density at radius 2 is 2.35 bits per heavy atom. The average Bonchev–Trinajstić information content (AvgIpc) is 2.94. The van der Waals surface area contributed by atoms with Crippen molar-refractivity contribution in [3.05, 3.63) is 18.0 Å². The molecule has 2 rings (SSSR count). The van der Waals surface area contributed by atoms with Crippen LogP contribution in [0, 0.1) is 0 Å². The first kappa shape index (κ1) is 12.6. The summed E-state index contributed by atoms with van der Waals surface area (Å²) in [6, 6.07) is 0.699. The van der Waals surface area contributed by atoms with Gasteiger partial charge in [-0.05, 0) is 50.1 Å². The lowest BCUT2D eigenvalue weighted by Crippen LogP contribution is -2.29. The predicted octanol–water partition coefficient (Wildman–Crippen LogP) is 2.71. The van der Waals surface area contributed by atoms with Gasteiger partial charge in [-0.1, -0.05) is 13.8 Å². The van der Waals surface area contributed by atoms with E-state index >= 15 is 0 Å². The van der Waals surface area contributed by atoms with E-state index < -0.39 is 0 Å². The molecule has 0 radical (unpaired) electrons. The van der Waals surface area contributed by atoms with E-state index in [4.69, 9.17) is 0 Å². The summed E-state index contributed by atoms with van der Waals surface area (Å²) < 4.78 is 2.04. The second-order valence-electron chi connectivity index (χ2n) is 5.54. The Bertz CT molecular complexity index is 358. The van der Waals surface area contributed by atoms with Crippen LogP contribution in [0.2, 0.25) is 0 Å². The number of nitrogens with one attached hydrogen (secondary N) is 1. The van der Waals surface area contributed by atoms with Gasteiger partial charge in [-0.25, -0.2) is 0 Å². The van der Waals surface area contributed by atoms with Crippen LogP contribution in [-0.2, 0) is 12.0 Å². The summed E-state index contributed by atoms with van der Waals surface area (Å²) in [5, 5.41) is 8.06. The molecule has 1 N–H and O–H groups in total. The molecule has 0 saturated heterocycles. The van der Waals surface area contributed by atoms with Gasteiger partial charge in [0.25, 0.3) is 0 Å². The van der Waals surface area contributed by atoms with Crippen molar-refractivity contribution >= 4 is 0 Å². The van der Waals surface area contributed by atoms with Crippen molar-refractivity contribution in [2.24, 2.45) is 0 Å².